The molecule has 2 rings (SSSR count). The first kappa shape index (κ1) is 15.7. The van der Waals surface area contributed by atoms with Gasteiger partial charge in [-0.05, 0) is 27.2 Å². The Morgan fingerprint density at radius 1 is 1.50 bits per heavy atom. The molecule has 1 aliphatic rings. The quantitative estimate of drug-likeness (QED) is 0.915. The second kappa shape index (κ2) is 5.61. The summed E-state index contributed by atoms with van der Waals surface area (Å²) in [5.41, 5.74) is 1.07. The number of hydrogen-bond acceptors (Lipinski definition) is 6. The topological polar surface area (TPSA) is 62.3 Å². The van der Waals surface area contributed by atoms with Crippen LogP contribution in [0.5, 0.6) is 0 Å². The van der Waals surface area contributed by atoms with Crippen LogP contribution in [0.1, 0.15) is 32.9 Å². The van der Waals surface area contributed by atoms with Crippen LogP contribution in [0, 0.1) is 0 Å². The Hall–Kier alpha value is -0.660. The minimum absolute atomic E-state index is 0.0644. The van der Waals surface area contributed by atoms with E-state index in [4.69, 9.17) is 0 Å². The summed E-state index contributed by atoms with van der Waals surface area (Å²) < 4.78 is 23.1. The van der Waals surface area contributed by atoms with Crippen molar-refractivity contribution in [3.8, 4) is 0 Å². The molecule has 1 aromatic rings. The molecule has 1 unspecified atom stereocenters. The Bertz CT molecular complexity index is 560. The van der Waals surface area contributed by atoms with Crippen LogP contribution >= 0.6 is 11.3 Å². The van der Waals surface area contributed by atoms with Crippen molar-refractivity contribution in [3.05, 3.63) is 11.1 Å². The molecule has 7 heteroatoms. The van der Waals surface area contributed by atoms with Gasteiger partial charge in [0.05, 0.1) is 17.2 Å². The molecule has 1 atom stereocenters. The molecule has 0 aromatic carbocycles. The number of thiazole rings is 1. The summed E-state index contributed by atoms with van der Waals surface area (Å²) in [7, 11) is -0.913. The smallest absolute Gasteiger partial charge is 0.185 e. The summed E-state index contributed by atoms with van der Waals surface area (Å²) in [4.78, 5) is 6.60. The molecule has 0 spiro atoms. The summed E-state index contributed by atoms with van der Waals surface area (Å²) >= 11 is 1.58. The SMILES string of the molecule is CN(c1nc(CNC(C)(C)C)cs1)C1CCS(=O)(=O)C1. The summed E-state index contributed by atoms with van der Waals surface area (Å²) in [5.74, 6) is 0.546. The molecule has 1 aromatic heterocycles. The molecule has 0 saturated carbocycles. The minimum Gasteiger partial charge on any atom is -0.347 e. The van der Waals surface area contributed by atoms with Crippen molar-refractivity contribution >= 4 is 26.3 Å². The molecular formula is C13H23N3O2S2. The van der Waals surface area contributed by atoms with Gasteiger partial charge in [-0.25, -0.2) is 13.4 Å². The van der Waals surface area contributed by atoms with Gasteiger partial charge in [-0.15, -0.1) is 11.3 Å². The van der Waals surface area contributed by atoms with E-state index in [-0.39, 0.29) is 17.3 Å². The first-order valence-electron chi connectivity index (χ1n) is 6.79. The average Bonchev–Trinajstić information content (AvgIpc) is 2.91. The maximum Gasteiger partial charge on any atom is 0.185 e. The van der Waals surface area contributed by atoms with Crippen molar-refractivity contribution in [1.29, 1.82) is 0 Å². The van der Waals surface area contributed by atoms with Gasteiger partial charge in [0.25, 0.3) is 0 Å². The van der Waals surface area contributed by atoms with E-state index < -0.39 is 9.84 Å². The van der Waals surface area contributed by atoms with E-state index in [1.54, 1.807) is 11.3 Å². The summed E-state index contributed by atoms with van der Waals surface area (Å²) in [6.45, 7) is 7.10. The van der Waals surface area contributed by atoms with Crippen LogP contribution in [-0.2, 0) is 16.4 Å². The third-order valence-electron chi connectivity index (χ3n) is 3.40. The number of nitrogens with zero attached hydrogens (tertiary/aromatic N) is 2. The molecule has 5 nitrogen and oxygen atoms in total. The van der Waals surface area contributed by atoms with Gasteiger partial charge in [-0.2, -0.15) is 0 Å². The molecule has 0 radical (unpaired) electrons. The Morgan fingerprint density at radius 2 is 2.20 bits per heavy atom. The zero-order chi connectivity index (χ0) is 15.0. The lowest BCUT2D eigenvalue weighted by Gasteiger charge is -2.22. The highest BCUT2D eigenvalue weighted by Gasteiger charge is 2.31. The highest BCUT2D eigenvalue weighted by Crippen LogP contribution is 2.26. The van der Waals surface area contributed by atoms with Crippen LogP contribution in [0.2, 0.25) is 0 Å². The standard InChI is InChI=1S/C13H23N3O2S2/c1-13(2,3)14-7-10-8-19-12(15-10)16(4)11-5-6-20(17,18)9-11/h8,11,14H,5-7,9H2,1-4H3. The monoisotopic (exact) mass is 317 g/mol. The van der Waals surface area contributed by atoms with Gasteiger partial charge in [-0.1, -0.05) is 0 Å². The summed E-state index contributed by atoms with van der Waals surface area (Å²) in [6.07, 6.45) is 0.702. The Morgan fingerprint density at radius 3 is 2.75 bits per heavy atom. The Kier molecular flexibility index (Phi) is 4.41. The number of sulfone groups is 1. The summed E-state index contributed by atoms with van der Waals surface area (Å²) in [5, 5.41) is 6.34. The normalized spacial score (nSPS) is 22.1. The highest BCUT2D eigenvalue weighted by atomic mass is 32.2. The van der Waals surface area contributed by atoms with E-state index in [2.05, 4.69) is 31.1 Å². The predicted octanol–water partition coefficient (Wildman–Crippen LogP) is 1.65. The molecule has 2 heterocycles. The van der Waals surface area contributed by atoms with E-state index in [1.165, 1.54) is 0 Å². The molecule has 1 N–H and O–H groups in total. The van der Waals surface area contributed by atoms with Crippen molar-refractivity contribution in [2.24, 2.45) is 0 Å². The number of nitrogens with one attached hydrogen (secondary N) is 1. The molecule has 20 heavy (non-hydrogen) atoms. The lowest BCUT2D eigenvalue weighted by molar-refractivity contribution is 0.422. The zero-order valence-corrected chi connectivity index (χ0v) is 14.1. The first-order chi connectivity index (χ1) is 9.16. The molecule has 0 aliphatic carbocycles. The molecule has 0 bridgehead atoms. The van der Waals surface area contributed by atoms with Crippen molar-refractivity contribution in [2.45, 2.75) is 45.3 Å². The predicted molar refractivity (Wildman–Crippen MR) is 84.2 cm³/mol. The van der Waals surface area contributed by atoms with E-state index >= 15 is 0 Å². The highest BCUT2D eigenvalue weighted by molar-refractivity contribution is 7.91. The molecule has 1 fully saturated rings. The number of rotatable bonds is 4. The van der Waals surface area contributed by atoms with Crippen molar-refractivity contribution in [1.82, 2.24) is 10.3 Å². The fourth-order valence-corrected chi connectivity index (χ4v) is 4.77. The molecular weight excluding hydrogens is 294 g/mol. The van der Waals surface area contributed by atoms with Crippen LogP contribution in [0.25, 0.3) is 0 Å². The van der Waals surface area contributed by atoms with Gasteiger partial charge in [-0.3, -0.25) is 0 Å². The minimum atomic E-state index is -2.85. The van der Waals surface area contributed by atoms with Crippen molar-refractivity contribution < 1.29 is 8.42 Å². The Labute approximate surface area is 125 Å². The van der Waals surface area contributed by atoms with Crippen molar-refractivity contribution in [3.63, 3.8) is 0 Å². The maximum absolute atomic E-state index is 11.5. The van der Waals surface area contributed by atoms with Gasteiger partial charge in [0.1, 0.15) is 0 Å². The molecule has 0 amide bonds. The number of aromatic nitrogens is 1. The maximum atomic E-state index is 11.5. The fraction of sp³-hybridized carbons (Fsp3) is 0.769. The average molecular weight is 317 g/mol. The van der Waals surface area contributed by atoms with Crippen LogP contribution in [0.3, 0.4) is 0 Å². The zero-order valence-electron chi connectivity index (χ0n) is 12.5. The van der Waals surface area contributed by atoms with Gasteiger partial charge in [0.2, 0.25) is 0 Å². The second-order valence-electron chi connectivity index (χ2n) is 6.39. The third-order valence-corrected chi connectivity index (χ3v) is 6.13. The van der Waals surface area contributed by atoms with Crippen LogP contribution in [-0.4, -0.2) is 43.5 Å². The fourth-order valence-electron chi connectivity index (χ4n) is 2.13. The van der Waals surface area contributed by atoms with Gasteiger partial charge in [0.15, 0.2) is 15.0 Å². The van der Waals surface area contributed by atoms with Crippen LogP contribution < -0.4 is 10.2 Å². The van der Waals surface area contributed by atoms with Crippen molar-refractivity contribution in [2.75, 3.05) is 23.5 Å². The van der Waals surface area contributed by atoms with Gasteiger partial charge >= 0.3 is 0 Å². The molecule has 1 saturated heterocycles. The van der Waals surface area contributed by atoms with Crippen LogP contribution in [0.15, 0.2) is 5.38 Å². The largest absolute Gasteiger partial charge is 0.347 e. The van der Waals surface area contributed by atoms with E-state index in [9.17, 15) is 8.42 Å². The van der Waals surface area contributed by atoms with E-state index in [1.807, 2.05) is 17.3 Å². The lowest BCUT2D eigenvalue weighted by atomic mass is 10.1. The molecule has 114 valence electrons. The van der Waals surface area contributed by atoms with E-state index in [0.717, 1.165) is 17.4 Å². The second-order valence-corrected chi connectivity index (χ2v) is 9.46. The summed E-state index contributed by atoms with van der Waals surface area (Å²) in [6, 6.07) is 0.0644. The molecule has 1 aliphatic heterocycles. The first-order valence-corrected chi connectivity index (χ1v) is 9.49. The third kappa shape index (κ3) is 4.17. The van der Waals surface area contributed by atoms with Crippen LogP contribution in [0.4, 0.5) is 5.13 Å². The number of anilines is 1. The lowest BCUT2D eigenvalue weighted by Crippen LogP contribution is -2.35. The number of hydrogen-bond donors (Lipinski definition) is 1. The van der Waals surface area contributed by atoms with Gasteiger partial charge < -0.3 is 10.2 Å². The van der Waals surface area contributed by atoms with Gasteiger partial charge in [0, 0.05) is 30.6 Å². The van der Waals surface area contributed by atoms with E-state index in [0.29, 0.717) is 12.2 Å². The Balaban J connectivity index is 1.98.